The highest BCUT2D eigenvalue weighted by Gasteiger charge is 2.34. The molecule has 21 heavy (non-hydrogen) atoms. The first-order valence-electron chi connectivity index (χ1n) is 7.29. The van der Waals surface area contributed by atoms with Crippen LogP contribution in [0.2, 0.25) is 0 Å². The van der Waals surface area contributed by atoms with E-state index in [1.54, 1.807) is 12.1 Å². The first-order chi connectivity index (χ1) is 9.68. The predicted molar refractivity (Wildman–Crippen MR) is 78.0 cm³/mol. The maximum absolute atomic E-state index is 13.0. The van der Waals surface area contributed by atoms with Crippen molar-refractivity contribution >= 4 is 0 Å². The van der Waals surface area contributed by atoms with Crippen molar-refractivity contribution in [3.05, 3.63) is 35.4 Å². The molecule has 0 aromatic heterocycles. The lowest BCUT2D eigenvalue weighted by Crippen LogP contribution is -2.55. The molecule has 1 aliphatic rings. The van der Waals surface area contributed by atoms with Gasteiger partial charge in [0.15, 0.2) is 0 Å². The third-order valence-electron chi connectivity index (χ3n) is 4.02. The Labute approximate surface area is 124 Å². The lowest BCUT2D eigenvalue weighted by molar-refractivity contribution is -0.138. The molecule has 2 nitrogen and oxygen atoms in total. The molecule has 1 aromatic rings. The van der Waals surface area contributed by atoms with Crippen molar-refractivity contribution in [2.75, 3.05) is 19.6 Å². The van der Waals surface area contributed by atoms with Crippen LogP contribution in [-0.4, -0.2) is 30.6 Å². The molecule has 2 rings (SSSR count). The molecule has 0 radical (unpaired) electrons. The molecule has 0 aliphatic carbocycles. The van der Waals surface area contributed by atoms with E-state index in [0.29, 0.717) is 18.2 Å². The number of piperazine rings is 1. The van der Waals surface area contributed by atoms with E-state index in [9.17, 15) is 13.2 Å². The molecule has 1 heterocycles. The van der Waals surface area contributed by atoms with Gasteiger partial charge in [-0.05, 0) is 17.0 Å². The fourth-order valence-electron chi connectivity index (χ4n) is 2.71. The molecule has 118 valence electrons. The number of hydrogen-bond acceptors (Lipinski definition) is 2. The summed E-state index contributed by atoms with van der Waals surface area (Å²) in [5.41, 5.74) is -0.0576. The van der Waals surface area contributed by atoms with Gasteiger partial charge in [-0.2, -0.15) is 13.2 Å². The monoisotopic (exact) mass is 300 g/mol. The Kier molecular flexibility index (Phi) is 4.63. The SMILES string of the molecule is CC(C)(C)C1CN(Cc2ccccc2C(F)(F)F)CCN1. The summed E-state index contributed by atoms with van der Waals surface area (Å²) in [5, 5.41) is 3.46. The van der Waals surface area contributed by atoms with Gasteiger partial charge in [0, 0.05) is 32.2 Å². The Hall–Kier alpha value is -1.07. The standard InChI is InChI=1S/C16H23F3N2/c1-15(2,3)14-11-21(9-8-20-14)10-12-6-4-5-7-13(12)16(17,18)19/h4-7,14,20H,8-11H2,1-3H3. The zero-order chi connectivity index (χ0) is 15.7. The first kappa shape index (κ1) is 16.3. The highest BCUT2D eigenvalue weighted by Crippen LogP contribution is 2.32. The quantitative estimate of drug-likeness (QED) is 0.899. The summed E-state index contributed by atoms with van der Waals surface area (Å²) in [4.78, 5) is 2.11. The molecule has 1 unspecified atom stereocenters. The molecule has 1 N–H and O–H groups in total. The van der Waals surface area contributed by atoms with Crippen LogP contribution in [0.5, 0.6) is 0 Å². The number of alkyl halides is 3. The van der Waals surface area contributed by atoms with Crippen LogP contribution in [0.25, 0.3) is 0 Å². The molecule has 1 aliphatic heterocycles. The van der Waals surface area contributed by atoms with Crippen molar-refractivity contribution in [1.29, 1.82) is 0 Å². The molecule has 1 aromatic carbocycles. The minimum absolute atomic E-state index is 0.0994. The summed E-state index contributed by atoms with van der Waals surface area (Å²) in [6.07, 6.45) is -4.28. The van der Waals surface area contributed by atoms with Crippen LogP contribution in [0.3, 0.4) is 0 Å². The van der Waals surface area contributed by atoms with E-state index in [2.05, 4.69) is 31.0 Å². The van der Waals surface area contributed by atoms with Crippen molar-refractivity contribution in [2.45, 2.75) is 39.5 Å². The van der Waals surface area contributed by atoms with E-state index in [1.165, 1.54) is 12.1 Å². The Morgan fingerprint density at radius 1 is 1.19 bits per heavy atom. The molecule has 0 bridgehead atoms. The second-order valence-electron chi connectivity index (χ2n) is 6.76. The summed E-state index contributed by atoms with van der Waals surface area (Å²) in [6.45, 7) is 9.17. The molecule has 1 fully saturated rings. The van der Waals surface area contributed by atoms with E-state index in [-0.39, 0.29) is 5.41 Å². The molecule has 0 amide bonds. The largest absolute Gasteiger partial charge is 0.416 e. The molecule has 1 atom stereocenters. The molecule has 0 spiro atoms. The van der Waals surface area contributed by atoms with Crippen molar-refractivity contribution in [2.24, 2.45) is 5.41 Å². The van der Waals surface area contributed by atoms with Crippen LogP contribution in [0.15, 0.2) is 24.3 Å². The van der Waals surface area contributed by atoms with Crippen LogP contribution in [0.4, 0.5) is 13.2 Å². The van der Waals surface area contributed by atoms with Gasteiger partial charge in [-0.1, -0.05) is 39.0 Å². The molecule has 1 saturated heterocycles. The van der Waals surface area contributed by atoms with Gasteiger partial charge in [-0.15, -0.1) is 0 Å². The van der Waals surface area contributed by atoms with Crippen LogP contribution < -0.4 is 5.32 Å². The van der Waals surface area contributed by atoms with Crippen LogP contribution in [0, 0.1) is 5.41 Å². The number of halogens is 3. The lowest BCUT2D eigenvalue weighted by atomic mass is 9.85. The number of nitrogens with zero attached hydrogens (tertiary/aromatic N) is 1. The second-order valence-corrected chi connectivity index (χ2v) is 6.76. The number of rotatable bonds is 2. The Balaban J connectivity index is 2.12. The van der Waals surface area contributed by atoms with Crippen LogP contribution in [-0.2, 0) is 12.7 Å². The van der Waals surface area contributed by atoms with Gasteiger partial charge in [0.25, 0.3) is 0 Å². The highest BCUT2D eigenvalue weighted by molar-refractivity contribution is 5.29. The van der Waals surface area contributed by atoms with E-state index in [1.807, 2.05) is 0 Å². The third kappa shape index (κ3) is 4.20. The summed E-state index contributed by atoms with van der Waals surface area (Å²) >= 11 is 0. The Morgan fingerprint density at radius 2 is 1.86 bits per heavy atom. The fraction of sp³-hybridized carbons (Fsp3) is 0.625. The van der Waals surface area contributed by atoms with Crippen molar-refractivity contribution in [3.63, 3.8) is 0 Å². The van der Waals surface area contributed by atoms with Gasteiger partial charge in [0.05, 0.1) is 5.56 Å². The van der Waals surface area contributed by atoms with Gasteiger partial charge in [-0.25, -0.2) is 0 Å². The van der Waals surface area contributed by atoms with Crippen molar-refractivity contribution in [1.82, 2.24) is 10.2 Å². The maximum atomic E-state index is 13.0. The minimum Gasteiger partial charge on any atom is -0.311 e. The zero-order valence-corrected chi connectivity index (χ0v) is 12.8. The normalized spacial score (nSPS) is 21.5. The van der Waals surface area contributed by atoms with Crippen molar-refractivity contribution in [3.8, 4) is 0 Å². The molecular formula is C16H23F3N2. The summed E-state index contributed by atoms with van der Waals surface area (Å²) in [6, 6.07) is 6.16. The Morgan fingerprint density at radius 3 is 2.48 bits per heavy atom. The Bertz CT molecular complexity index is 477. The van der Waals surface area contributed by atoms with E-state index < -0.39 is 11.7 Å². The molecular weight excluding hydrogens is 277 g/mol. The number of hydrogen-bond donors (Lipinski definition) is 1. The smallest absolute Gasteiger partial charge is 0.311 e. The molecule has 5 heteroatoms. The van der Waals surface area contributed by atoms with Gasteiger partial charge in [0.2, 0.25) is 0 Å². The average molecular weight is 300 g/mol. The maximum Gasteiger partial charge on any atom is 0.416 e. The average Bonchev–Trinajstić information content (AvgIpc) is 2.37. The van der Waals surface area contributed by atoms with Gasteiger partial charge in [0.1, 0.15) is 0 Å². The zero-order valence-electron chi connectivity index (χ0n) is 12.8. The van der Waals surface area contributed by atoms with Crippen molar-refractivity contribution < 1.29 is 13.2 Å². The topological polar surface area (TPSA) is 15.3 Å². The van der Waals surface area contributed by atoms with E-state index >= 15 is 0 Å². The summed E-state index contributed by atoms with van der Waals surface area (Å²) in [7, 11) is 0. The number of benzene rings is 1. The van der Waals surface area contributed by atoms with Crippen LogP contribution in [0.1, 0.15) is 31.9 Å². The van der Waals surface area contributed by atoms with Gasteiger partial charge >= 0.3 is 6.18 Å². The molecule has 0 saturated carbocycles. The third-order valence-corrected chi connectivity index (χ3v) is 4.02. The van der Waals surface area contributed by atoms with Crippen LogP contribution >= 0.6 is 0 Å². The fourth-order valence-corrected chi connectivity index (χ4v) is 2.71. The van der Waals surface area contributed by atoms with E-state index in [0.717, 1.165) is 19.6 Å². The predicted octanol–water partition coefficient (Wildman–Crippen LogP) is 3.53. The summed E-state index contributed by atoms with van der Waals surface area (Å²) in [5.74, 6) is 0. The summed E-state index contributed by atoms with van der Waals surface area (Å²) < 4.78 is 39.1. The highest BCUT2D eigenvalue weighted by atomic mass is 19.4. The number of nitrogens with one attached hydrogen (secondary N) is 1. The minimum atomic E-state index is -4.28. The lowest BCUT2D eigenvalue weighted by Gasteiger charge is -2.40. The van der Waals surface area contributed by atoms with Gasteiger partial charge < -0.3 is 5.32 Å². The van der Waals surface area contributed by atoms with E-state index in [4.69, 9.17) is 0 Å². The van der Waals surface area contributed by atoms with Gasteiger partial charge in [-0.3, -0.25) is 4.90 Å². The second kappa shape index (κ2) is 5.97. The first-order valence-corrected chi connectivity index (χ1v) is 7.29.